The molecular weight excluding hydrogens is 226 g/mol. The number of carbonyl (C=O) groups is 1. The van der Waals surface area contributed by atoms with Crippen LogP contribution in [0.15, 0.2) is 36.5 Å². The van der Waals surface area contributed by atoms with Crippen LogP contribution in [0.3, 0.4) is 0 Å². The van der Waals surface area contributed by atoms with Crippen LogP contribution in [-0.2, 0) is 10.2 Å². The zero-order valence-corrected chi connectivity index (χ0v) is 10.5. The monoisotopic (exact) mass is 241 g/mol. The van der Waals surface area contributed by atoms with Crippen LogP contribution >= 0.6 is 0 Å². The number of para-hydroxylation sites is 1. The van der Waals surface area contributed by atoms with Crippen LogP contribution in [0.25, 0.3) is 10.9 Å². The number of fused-ring (bicyclic) bond motifs is 1. The smallest absolute Gasteiger partial charge is 0.314 e. The van der Waals surface area contributed by atoms with E-state index in [9.17, 15) is 9.90 Å². The Kier molecular flexibility index (Phi) is 2.06. The summed E-state index contributed by atoms with van der Waals surface area (Å²) < 4.78 is 0. The van der Waals surface area contributed by atoms with Crippen molar-refractivity contribution in [2.45, 2.75) is 25.7 Å². The topological polar surface area (TPSA) is 50.2 Å². The Hall–Kier alpha value is -1.90. The molecule has 0 radical (unpaired) electrons. The molecule has 1 heterocycles. The van der Waals surface area contributed by atoms with Gasteiger partial charge in [-0.05, 0) is 29.5 Å². The molecule has 0 amide bonds. The summed E-state index contributed by atoms with van der Waals surface area (Å²) in [5, 5.41) is 10.5. The van der Waals surface area contributed by atoms with Crippen LogP contribution in [0.5, 0.6) is 0 Å². The van der Waals surface area contributed by atoms with Gasteiger partial charge in [-0.1, -0.05) is 32.0 Å². The third-order valence-corrected chi connectivity index (χ3v) is 4.19. The first kappa shape index (κ1) is 11.2. The molecule has 1 aromatic heterocycles. The van der Waals surface area contributed by atoms with E-state index in [1.807, 2.05) is 44.2 Å². The molecule has 92 valence electrons. The van der Waals surface area contributed by atoms with Crippen molar-refractivity contribution in [2.75, 3.05) is 0 Å². The highest BCUT2D eigenvalue weighted by Crippen LogP contribution is 2.64. The molecule has 1 aliphatic carbocycles. The summed E-state index contributed by atoms with van der Waals surface area (Å²) in [6.45, 7) is 3.99. The number of hydrogen-bond acceptors (Lipinski definition) is 2. The van der Waals surface area contributed by atoms with E-state index in [0.717, 1.165) is 16.5 Å². The molecule has 1 unspecified atom stereocenters. The minimum Gasteiger partial charge on any atom is -0.481 e. The van der Waals surface area contributed by atoms with Gasteiger partial charge in [-0.2, -0.15) is 0 Å². The average Bonchev–Trinajstić information content (AvgIpc) is 2.93. The van der Waals surface area contributed by atoms with Gasteiger partial charge in [-0.25, -0.2) is 0 Å². The molecule has 0 bridgehead atoms. The van der Waals surface area contributed by atoms with Gasteiger partial charge < -0.3 is 5.11 Å². The Morgan fingerprint density at radius 3 is 2.61 bits per heavy atom. The first-order valence-electron chi connectivity index (χ1n) is 6.06. The van der Waals surface area contributed by atoms with Crippen molar-refractivity contribution >= 4 is 16.9 Å². The predicted molar refractivity (Wildman–Crippen MR) is 69.5 cm³/mol. The molecule has 0 spiro atoms. The summed E-state index contributed by atoms with van der Waals surface area (Å²) in [5.74, 6) is -0.746. The summed E-state index contributed by atoms with van der Waals surface area (Å²) in [7, 11) is 0. The second-order valence-electron chi connectivity index (χ2n) is 5.69. The van der Waals surface area contributed by atoms with Crippen molar-refractivity contribution in [3.63, 3.8) is 0 Å². The Bertz CT molecular complexity index is 648. The number of carboxylic acids is 1. The zero-order valence-electron chi connectivity index (χ0n) is 10.5. The maximum absolute atomic E-state index is 11.6. The van der Waals surface area contributed by atoms with Crippen LogP contribution in [0.2, 0.25) is 0 Å². The lowest BCUT2D eigenvalue weighted by molar-refractivity contribution is -0.141. The number of carboxylic acid groups (broad SMARTS) is 1. The molecular formula is C15H15NO2. The number of hydrogen-bond donors (Lipinski definition) is 1. The number of aliphatic carboxylic acids is 1. The van der Waals surface area contributed by atoms with Crippen molar-refractivity contribution in [3.05, 3.63) is 42.1 Å². The van der Waals surface area contributed by atoms with E-state index in [1.54, 1.807) is 6.20 Å². The molecule has 18 heavy (non-hydrogen) atoms. The minimum absolute atomic E-state index is 0.191. The summed E-state index contributed by atoms with van der Waals surface area (Å²) >= 11 is 0. The van der Waals surface area contributed by atoms with E-state index in [2.05, 4.69) is 4.98 Å². The second kappa shape index (κ2) is 3.31. The van der Waals surface area contributed by atoms with Gasteiger partial charge in [-0.3, -0.25) is 9.78 Å². The van der Waals surface area contributed by atoms with Gasteiger partial charge in [0.1, 0.15) is 0 Å². The molecule has 1 atom stereocenters. The molecule has 1 N–H and O–H groups in total. The van der Waals surface area contributed by atoms with Crippen LogP contribution in [0.1, 0.15) is 25.8 Å². The number of nitrogens with zero attached hydrogens (tertiary/aromatic N) is 1. The summed E-state index contributed by atoms with van der Waals surface area (Å²) in [4.78, 5) is 16.0. The average molecular weight is 241 g/mol. The van der Waals surface area contributed by atoms with Gasteiger partial charge in [0.05, 0.1) is 10.9 Å². The van der Waals surface area contributed by atoms with Gasteiger partial charge in [0, 0.05) is 11.6 Å². The largest absolute Gasteiger partial charge is 0.481 e. The first-order valence-corrected chi connectivity index (χ1v) is 6.06. The second-order valence-corrected chi connectivity index (χ2v) is 5.69. The third kappa shape index (κ3) is 1.30. The van der Waals surface area contributed by atoms with Gasteiger partial charge >= 0.3 is 5.97 Å². The van der Waals surface area contributed by atoms with E-state index in [0.29, 0.717) is 6.42 Å². The van der Waals surface area contributed by atoms with Crippen LogP contribution in [0, 0.1) is 5.41 Å². The lowest BCUT2D eigenvalue weighted by Crippen LogP contribution is -2.25. The van der Waals surface area contributed by atoms with Crippen molar-refractivity contribution in [3.8, 4) is 0 Å². The molecule has 0 saturated heterocycles. The Morgan fingerprint density at radius 2 is 2.00 bits per heavy atom. The highest BCUT2D eigenvalue weighted by atomic mass is 16.4. The zero-order chi connectivity index (χ0) is 13.0. The standard InChI is InChI=1S/C15H15NO2/c1-14(2)9-15(14,13(17)18)11-7-10-5-3-4-6-12(10)16-8-11/h3-8H,9H2,1-2H3,(H,17,18). The lowest BCUT2D eigenvalue weighted by Gasteiger charge is -2.16. The first-order chi connectivity index (χ1) is 8.47. The van der Waals surface area contributed by atoms with Gasteiger partial charge in [0.15, 0.2) is 0 Å². The van der Waals surface area contributed by atoms with Crippen molar-refractivity contribution < 1.29 is 9.90 Å². The fraction of sp³-hybridized carbons (Fsp3) is 0.333. The Balaban J connectivity index is 2.18. The summed E-state index contributed by atoms with van der Waals surface area (Å²) in [6, 6.07) is 9.74. The summed E-state index contributed by atoms with van der Waals surface area (Å²) in [5.41, 5.74) is 0.770. The fourth-order valence-electron chi connectivity index (χ4n) is 2.90. The Labute approximate surface area is 105 Å². The van der Waals surface area contributed by atoms with E-state index in [-0.39, 0.29) is 5.41 Å². The van der Waals surface area contributed by atoms with E-state index in [1.165, 1.54) is 0 Å². The molecule has 3 nitrogen and oxygen atoms in total. The molecule has 1 fully saturated rings. The fourth-order valence-corrected chi connectivity index (χ4v) is 2.90. The molecule has 2 aromatic rings. The maximum atomic E-state index is 11.6. The molecule has 3 rings (SSSR count). The number of pyridine rings is 1. The predicted octanol–water partition coefficient (Wildman–Crippen LogP) is 2.99. The van der Waals surface area contributed by atoms with E-state index >= 15 is 0 Å². The highest BCUT2D eigenvalue weighted by molar-refractivity contribution is 5.89. The van der Waals surface area contributed by atoms with Crippen LogP contribution in [-0.4, -0.2) is 16.1 Å². The highest BCUT2D eigenvalue weighted by Gasteiger charge is 2.67. The number of aromatic nitrogens is 1. The van der Waals surface area contributed by atoms with Gasteiger partial charge in [0.2, 0.25) is 0 Å². The molecule has 0 aliphatic heterocycles. The number of rotatable bonds is 2. The molecule has 1 saturated carbocycles. The Morgan fingerprint density at radius 1 is 1.33 bits per heavy atom. The number of benzene rings is 1. The SMILES string of the molecule is CC1(C)CC1(C(=O)O)c1cnc2ccccc2c1. The summed E-state index contributed by atoms with van der Waals surface area (Å²) in [6.07, 6.45) is 2.39. The molecule has 3 heteroatoms. The molecule has 1 aromatic carbocycles. The van der Waals surface area contributed by atoms with Crippen molar-refractivity contribution in [2.24, 2.45) is 5.41 Å². The van der Waals surface area contributed by atoms with Crippen LogP contribution in [0.4, 0.5) is 0 Å². The van der Waals surface area contributed by atoms with Gasteiger partial charge in [0.25, 0.3) is 0 Å². The van der Waals surface area contributed by atoms with Crippen molar-refractivity contribution in [1.82, 2.24) is 4.98 Å². The van der Waals surface area contributed by atoms with Crippen LogP contribution < -0.4 is 0 Å². The maximum Gasteiger partial charge on any atom is 0.314 e. The minimum atomic E-state index is -0.760. The van der Waals surface area contributed by atoms with E-state index in [4.69, 9.17) is 0 Å². The third-order valence-electron chi connectivity index (χ3n) is 4.19. The molecule has 1 aliphatic rings. The lowest BCUT2D eigenvalue weighted by atomic mass is 9.88. The van der Waals surface area contributed by atoms with E-state index < -0.39 is 11.4 Å². The normalized spacial score (nSPS) is 25.0. The quantitative estimate of drug-likeness (QED) is 0.879. The van der Waals surface area contributed by atoms with Crippen molar-refractivity contribution in [1.29, 1.82) is 0 Å². The van der Waals surface area contributed by atoms with Gasteiger partial charge in [-0.15, -0.1) is 0 Å².